The Morgan fingerprint density at radius 1 is 0.564 bits per heavy atom. The van der Waals surface area contributed by atoms with Gasteiger partial charge in [0.2, 0.25) is 0 Å². The standard InChI is InChI=1S/C30H61F3NO4.ClH/c1-5-6-7-8-9-10-11-12-13-14-15-16-17-18-19-20-22-36-26-29(38-28-30(31,32)33)27-37-25-24-35-23-21-34(2,3)4;/h29H,5-28H2,1-4H3;1H/q+1;/p-1. The first-order valence-electron chi connectivity index (χ1n) is 15.4. The van der Waals surface area contributed by atoms with Gasteiger partial charge >= 0.3 is 6.18 Å². The van der Waals surface area contributed by atoms with Gasteiger partial charge in [0.15, 0.2) is 0 Å². The third kappa shape index (κ3) is 35.9. The van der Waals surface area contributed by atoms with Crippen molar-refractivity contribution in [2.24, 2.45) is 0 Å². The highest BCUT2D eigenvalue weighted by Crippen LogP contribution is 2.16. The van der Waals surface area contributed by atoms with E-state index in [4.69, 9.17) is 18.9 Å². The number of nitrogens with zero attached hydrogens (tertiary/aromatic N) is 1. The molecule has 0 N–H and O–H groups in total. The van der Waals surface area contributed by atoms with Crippen LogP contribution >= 0.6 is 0 Å². The summed E-state index contributed by atoms with van der Waals surface area (Å²) in [6.45, 7) is 3.91. The Hall–Kier alpha value is -0.120. The van der Waals surface area contributed by atoms with Crippen molar-refractivity contribution in [3.63, 3.8) is 0 Å². The van der Waals surface area contributed by atoms with Crippen LogP contribution in [-0.4, -0.2) is 90.7 Å². The minimum Gasteiger partial charge on any atom is -1.00 e. The lowest BCUT2D eigenvalue weighted by Crippen LogP contribution is -3.00. The summed E-state index contributed by atoms with van der Waals surface area (Å²) in [5.41, 5.74) is 0. The third-order valence-corrected chi connectivity index (χ3v) is 6.51. The van der Waals surface area contributed by atoms with Crippen molar-refractivity contribution < 1.29 is 49.0 Å². The Bertz CT molecular complexity index is 494. The Morgan fingerprint density at radius 3 is 1.41 bits per heavy atom. The van der Waals surface area contributed by atoms with Crippen LogP contribution in [0.5, 0.6) is 0 Å². The Morgan fingerprint density at radius 2 is 0.974 bits per heavy atom. The molecule has 0 amide bonds. The van der Waals surface area contributed by atoms with Crippen molar-refractivity contribution in [1.82, 2.24) is 0 Å². The van der Waals surface area contributed by atoms with E-state index in [2.05, 4.69) is 28.1 Å². The van der Waals surface area contributed by atoms with E-state index in [0.29, 0.717) is 26.4 Å². The fourth-order valence-electron chi connectivity index (χ4n) is 4.10. The van der Waals surface area contributed by atoms with Crippen molar-refractivity contribution in [3.8, 4) is 0 Å². The van der Waals surface area contributed by atoms with E-state index < -0.39 is 18.9 Å². The third-order valence-electron chi connectivity index (χ3n) is 6.51. The van der Waals surface area contributed by atoms with Crippen molar-refractivity contribution in [1.29, 1.82) is 0 Å². The van der Waals surface area contributed by atoms with Crippen molar-refractivity contribution in [2.75, 3.05) is 73.9 Å². The number of rotatable bonds is 29. The highest BCUT2D eigenvalue weighted by atomic mass is 35.5. The zero-order valence-electron chi connectivity index (χ0n) is 25.6. The molecule has 0 spiro atoms. The van der Waals surface area contributed by atoms with Crippen molar-refractivity contribution in [3.05, 3.63) is 0 Å². The lowest BCUT2D eigenvalue weighted by atomic mass is 10.0. The first-order valence-corrected chi connectivity index (χ1v) is 15.4. The number of hydrogen-bond donors (Lipinski definition) is 0. The molecule has 0 heterocycles. The van der Waals surface area contributed by atoms with E-state index in [0.717, 1.165) is 23.9 Å². The first-order chi connectivity index (χ1) is 18.1. The van der Waals surface area contributed by atoms with Crippen LogP contribution in [0.25, 0.3) is 0 Å². The van der Waals surface area contributed by atoms with Gasteiger partial charge in [-0.3, -0.25) is 0 Å². The highest BCUT2D eigenvalue weighted by Gasteiger charge is 2.29. The zero-order chi connectivity index (χ0) is 28.4. The molecule has 0 radical (unpaired) electrons. The molecule has 0 aliphatic carbocycles. The van der Waals surface area contributed by atoms with E-state index in [-0.39, 0.29) is 25.6 Å². The predicted octanol–water partition coefficient (Wildman–Crippen LogP) is 4.96. The largest absolute Gasteiger partial charge is 1.00 e. The first kappa shape index (κ1) is 41.0. The minimum atomic E-state index is -4.36. The van der Waals surface area contributed by atoms with Gasteiger partial charge in [-0.15, -0.1) is 0 Å². The quantitative estimate of drug-likeness (QED) is 0.0911. The second-order valence-electron chi connectivity index (χ2n) is 11.6. The van der Waals surface area contributed by atoms with E-state index in [9.17, 15) is 13.2 Å². The molecule has 238 valence electrons. The molecule has 0 rings (SSSR count). The topological polar surface area (TPSA) is 36.9 Å². The second kappa shape index (κ2) is 28.0. The summed E-state index contributed by atoms with van der Waals surface area (Å²) in [5, 5.41) is 0. The number of halogens is 4. The van der Waals surface area contributed by atoms with Gasteiger partial charge in [-0.2, -0.15) is 13.2 Å². The number of likely N-dealkylation sites (N-methyl/N-ethyl adjacent to an activating group) is 1. The van der Waals surface area contributed by atoms with E-state index >= 15 is 0 Å². The maximum absolute atomic E-state index is 12.6. The van der Waals surface area contributed by atoms with Gasteiger partial charge in [0, 0.05) is 6.61 Å². The summed E-state index contributed by atoms with van der Waals surface area (Å²) in [6.07, 6.45) is 15.8. The molecule has 5 nitrogen and oxygen atoms in total. The maximum Gasteiger partial charge on any atom is 0.411 e. The number of quaternary nitrogens is 1. The van der Waals surface area contributed by atoms with Crippen LogP contribution in [0.2, 0.25) is 0 Å². The van der Waals surface area contributed by atoms with Crippen LogP contribution in [-0.2, 0) is 18.9 Å². The summed E-state index contributed by atoms with van der Waals surface area (Å²) < 4.78 is 60.1. The predicted molar refractivity (Wildman–Crippen MR) is 151 cm³/mol. The highest BCUT2D eigenvalue weighted by molar-refractivity contribution is 4.59. The van der Waals surface area contributed by atoms with Crippen LogP contribution in [0.15, 0.2) is 0 Å². The van der Waals surface area contributed by atoms with Gasteiger partial charge < -0.3 is 35.8 Å². The summed E-state index contributed by atoms with van der Waals surface area (Å²) in [5.74, 6) is 0. The molecular formula is C30H61ClF3NO4. The lowest BCUT2D eigenvalue weighted by molar-refractivity contribution is -0.870. The molecule has 39 heavy (non-hydrogen) atoms. The number of unbranched alkanes of at least 4 members (excludes halogenated alkanes) is 15. The average molecular weight is 592 g/mol. The Balaban J connectivity index is 0. The van der Waals surface area contributed by atoms with Gasteiger partial charge in [-0.1, -0.05) is 103 Å². The van der Waals surface area contributed by atoms with Gasteiger partial charge in [0.1, 0.15) is 19.3 Å². The van der Waals surface area contributed by atoms with Gasteiger partial charge in [-0.25, -0.2) is 0 Å². The molecule has 9 heteroatoms. The fourth-order valence-corrected chi connectivity index (χ4v) is 4.10. The smallest absolute Gasteiger partial charge is 0.411 e. The van der Waals surface area contributed by atoms with Crippen molar-refractivity contribution >= 4 is 0 Å². The van der Waals surface area contributed by atoms with Gasteiger partial charge in [-0.05, 0) is 6.42 Å². The van der Waals surface area contributed by atoms with Gasteiger partial charge in [0.25, 0.3) is 0 Å². The van der Waals surface area contributed by atoms with Crippen LogP contribution in [0.3, 0.4) is 0 Å². The Labute approximate surface area is 244 Å². The molecule has 0 aliphatic rings. The van der Waals surface area contributed by atoms with Crippen LogP contribution < -0.4 is 12.4 Å². The Kier molecular flexibility index (Phi) is 29.5. The van der Waals surface area contributed by atoms with E-state index in [1.807, 2.05) is 0 Å². The molecule has 0 bridgehead atoms. The van der Waals surface area contributed by atoms with Crippen LogP contribution in [0.1, 0.15) is 110 Å². The SMILES string of the molecule is CCCCCCCCCCCCCCCCCCOCC(COCCOCC[N+](C)(C)C)OCC(F)(F)F.[Cl-]. The van der Waals surface area contributed by atoms with E-state index in [1.54, 1.807) is 0 Å². The summed E-state index contributed by atoms with van der Waals surface area (Å²) in [6, 6.07) is 0. The monoisotopic (exact) mass is 591 g/mol. The summed E-state index contributed by atoms with van der Waals surface area (Å²) in [7, 11) is 6.26. The average Bonchev–Trinajstić information content (AvgIpc) is 2.84. The minimum absolute atomic E-state index is 0. The molecule has 0 aromatic heterocycles. The van der Waals surface area contributed by atoms with Crippen molar-refractivity contribution in [2.45, 2.75) is 122 Å². The molecule has 1 atom stereocenters. The zero-order valence-corrected chi connectivity index (χ0v) is 26.4. The molecule has 0 aliphatic heterocycles. The molecule has 0 fully saturated rings. The number of hydrogen-bond acceptors (Lipinski definition) is 4. The fraction of sp³-hybridized carbons (Fsp3) is 1.00. The van der Waals surface area contributed by atoms with Crippen LogP contribution in [0, 0.1) is 0 Å². The van der Waals surface area contributed by atoms with Gasteiger partial charge in [0.05, 0.1) is 54.2 Å². The summed E-state index contributed by atoms with van der Waals surface area (Å²) >= 11 is 0. The number of ether oxygens (including phenoxy) is 4. The second-order valence-corrected chi connectivity index (χ2v) is 11.6. The molecule has 0 saturated heterocycles. The molecular weight excluding hydrogens is 531 g/mol. The van der Waals surface area contributed by atoms with Crippen LogP contribution in [0.4, 0.5) is 13.2 Å². The maximum atomic E-state index is 12.6. The molecule has 0 aromatic carbocycles. The van der Waals surface area contributed by atoms with E-state index in [1.165, 1.54) is 89.9 Å². The molecule has 1 unspecified atom stereocenters. The number of alkyl halides is 3. The molecule has 0 saturated carbocycles. The lowest BCUT2D eigenvalue weighted by Gasteiger charge is -2.23. The normalized spacial score (nSPS) is 13.0. The molecule has 0 aromatic rings. The summed E-state index contributed by atoms with van der Waals surface area (Å²) in [4.78, 5) is 0.